The minimum Gasteiger partial charge on any atom is -0.357 e. The van der Waals surface area contributed by atoms with Crippen LogP contribution in [0.2, 0.25) is 0 Å². The SMILES string of the molecule is CNC(=O)[C@H](F)CCC(C)C. The number of hydrogen-bond acceptors (Lipinski definition) is 1. The number of carbonyl (C=O) groups is 1. The Morgan fingerprint density at radius 1 is 1.45 bits per heavy atom. The van der Waals surface area contributed by atoms with Gasteiger partial charge in [-0.2, -0.15) is 0 Å². The maximum absolute atomic E-state index is 12.7. The lowest BCUT2D eigenvalue weighted by atomic mass is 10.1. The van der Waals surface area contributed by atoms with Gasteiger partial charge < -0.3 is 5.32 Å². The first kappa shape index (κ1) is 10.4. The van der Waals surface area contributed by atoms with Gasteiger partial charge in [0.15, 0.2) is 6.17 Å². The molecule has 1 atom stereocenters. The first-order valence-electron chi connectivity index (χ1n) is 3.93. The van der Waals surface area contributed by atoms with E-state index in [4.69, 9.17) is 0 Å². The summed E-state index contributed by atoms with van der Waals surface area (Å²) in [4.78, 5) is 10.6. The van der Waals surface area contributed by atoms with Gasteiger partial charge >= 0.3 is 0 Å². The van der Waals surface area contributed by atoms with E-state index in [2.05, 4.69) is 5.32 Å². The van der Waals surface area contributed by atoms with Crippen LogP contribution in [0.3, 0.4) is 0 Å². The molecule has 0 saturated carbocycles. The highest BCUT2D eigenvalue weighted by Crippen LogP contribution is 2.08. The van der Waals surface area contributed by atoms with Crippen LogP contribution in [0.4, 0.5) is 4.39 Å². The summed E-state index contributed by atoms with van der Waals surface area (Å²) < 4.78 is 12.7. The number of carbonyl (C=O) groups excluding carboxylic acids is 1. The smallest absolute Gasteiger partial charge is 0.254 e. The summed E-state index contributed by atoms with van der Waals surface area (Å²) >= 11 is 0. The van der Waals surface area contributed by atoms with Crippen LogP contribution < -0.4 is 5.32 Å². The van der Waals surface area contributed by atoms with Crippen molar-refractivity contribution in [2.75, 3.05) is 7.05 Å². The number of hydrogen-bond donors (Lipinski definition) is 1. The Morgan fingerprint density at radius 2 is 2.00 bits per heavy atom. The van der Waals surface area contributed by atoms with Crippen molar-refractivity contribution in [1.82, 2.24) is 5.32 Å². The third-order valence-corrected chi connectivity index (χ3v) is 1.53. The van der Waals surface area contributed by atoms with Gasteiger partial charge in [0.1, 0.15) is 0 Å². The first-order valence-corrected chi connectivity index (χ1v) is 3.93. The van der Waals surface area contributed by atoms with Crippen LogP contribution in [0.25, 0.3) is 0 Å². The highest BCUT2D eigenvalue weighted by Gasteiger charge is 2.14. The highest BCUT2D eigenvalue weighted by molar-refractivity contribution is 5.80. The van der Waals surface area contributed by atoms with Crippen molar-refractivity contribution in [1.29, 1.82) is 0 Å². The third kappa shape index (κ3) is 4.76. The number of alkyl halides is 1. The molecule has 0 aromatic heterocycles. The monoisotopic (exact) mass is 161 g/mol. The largest absolute Gasteiger partial charge is 0.357 e. The molecule has 0 aromatic rings. The van der Waals surface area contributed by atoms with E-state index >= 15 is 0 Å². The number of nitrogens with one attached hydrogen (secondary N) is 1. The molecule has 11 heavy (non-hydrogen) atoms. The molecule has 0 bridgehead atoms. The molecule has 0 heterocycles. The molecule has 0 aliphatic rings. The summed E-state index contributed by atoms with van der Waals surface area (Å²) in [7, 11) is 1.45. The Balaban J connectivity index is 3.52. The van der Waals surface area contributed by atoms with Gasteiger partial charge in [0.2, 0.25) is 0 Å². The van der Waals surface area contributed by atoms with Crippen molar-refractivity contribution < 1.29 is 9.18 Å². The predicted octanol–water partition coefficient (Wildman–Crippen LogP) is 1.51. The lowest BCUT2D eigenvalue weighted by molar-refractivity contribution is -0.125. The maximum Gasteiger partial charge on any atom is 0.254 e. The summed E-state index contributed by atoms with van der Waals surface area (Å²) in [6, 6.07) is 0. The molecule has 0 spiro atoms. The average Bonchev–Trinajstić information content (AvgIpc) is 1.98. The molecule has 66 valence electrons. The van der Waals surface area contributed by atoms with E-state index in [1.54, 1.807) is 0 Å². The minimum atomic E-state index is -1.33. The Hall–Kier alpha value is -0.600. The van der Waals surface area contributed by atoms with Crippen molar-refractivity contribution in [3.8, 4) is 0 Å². The van der Waals surface area contributed by atoms with Crippen LogP contribution in [0.15, 0.2) is 0 Å². The molecule has 0 aliphatic carbocycles. The van der Waals surface area contributed by atoms with Gasteiger partial charge in [-0.15, -0.1) is 0 Å². The van der Waals surface area contributed by atoms with Crippen LogP contribution >= 0.6 is 0 Å². The summed E-state index contributed by atoms with van der Waals surface area (Å²) in [5, 5.41) is 2.27. The fourth-order valence-electron chi connectivity index (χ4n) is 0.767. The lowest BCUT2D eigenvalue weighted by Crippen LogP contribution is -2.28. The van der Waals surface area contributed by atoms with Gasteiger partial charge in [0.05, 0.1) is 0 Å². The zero-order chi connectivity index (χ0) is 8.85. The molecule has 0 rings (SSSR count). The van der Waals surface area contributed by atoms with Gasteiger partial charge in [-0.1, -0.05) is 13.8 Å². The molecule has 0 unspecified atom stereocenters. The maximum atomic E-state index is 12.7. The van der Waals surface area contributed by atoms with E-state index in [1.165, 1.54) is 7.05 Å². The molecule has 2 nitrogen and oxygen atoms in total. The van der Waals surface area contributed by atoms with Crippen LogP contribution in [0.5, 0.6) is 0 Å². The Kier molecular flexibility index (Phi) is 4.83. The van der Waals surface area contributed by atoms with Gasteiger partial charge in [0.25, 0.3) is 5.91 Å². The van der Waals surface area contributed by atoms with Gasteiger partial charge in [-0.3, -0.25) is 4.79 Å². The van der Waals surface area contributed by atoms with Crippen LogP contribution in [0.1, 0.15) is 26.7 Å². The van der Waals surface area contributed by atoms with Crippen molar-refractivity contribution in [3.05, 3.63) is 0 Å². The van der Waals surface area contributed by atoms with E-state index in [1.807, 2.05) is 13.8 Å². The first-order chi connectivity index (χ1) is 5.07. The Labute approximate surface area is 67.2 Å². The Morgan fingerprint density at radius 3 is 2.36 bits per heavy atom. The minimum absolute atomic E-state index is 0.331. The highest BCUT2D eigenvalue weighted by atomic mass is 19.1. The summed E-state index contributed by atoms with van der Waals surface area (Å²) in [6.07, 6.45) is -0.242. The quantitative estimate of drug-likeness (QED) is 0.665. The van der Waals surface area contributed by atoms with Gasteiger partial charge in [-0.05, 0) is 18.8 Å². The predicted molar refractivity (Wildman–Crippen MR) is 43.0 cm³/mol. The van der Waals surface area contributed by atoms with E-state index in [9.17, 15) is 9.18 Å². The second-order valence-corrected chi connectivity index (χ2v) is 3.05. The molecular formula is C8H16FNO. The number of rotatable bonds is 4. The molecule has 1 amide bonds. The standard InChI is InChI=1S/C8H16FNO/c1-6(2)4-5-7(9)8(11)10-3/h6-7H,4-5H2,1-3H3,(H,10,11)/t7-/m1/s1. The molecular weight excluding hydrogens is 145 g/mol. The van der Waals surface area contributed by atoms with Gasteiger partial charge in [-0.25, -0.2) is 4.39 Å². The normalized spacial score (nSPS) is 13.2. The molecule has 0 aliphatic heterocycles. The third-order valence-electron chi connectivity index (χ3n) is 1.53. The van der Waals surface area contributed by atoms with Crippen molar-refractivity contribution >= 4 is 5.91 Å². The summed E-state index contributed by atoms with van der Waals surface area (Å²) in [6.45, 7) is 4.02. The van der Waals surface area contributed by atoms with Crippen molar-refractivity contribution in [3.63, 3.8) is 0 Å². The number of amides is 1. The van der Waals surface area contributed by atoms with Crippen molar-refractivity contribution in [2.24, 2.45) is 5.92 Å². The van der Waals surface area contributed by atoms with E-state index < -0.39 is 12.1 Å². The molecule has 1 N–H and O–H groups in total. The number of halogens is 1. The van der Waals surface area contributed by atoms with Crippen molar-refractivity contribution in [2.45, 2.75) is 32.9 Å². The Bertz CT molecular complexity index is 125. The van der Waals surface area contributed by atoms with E-state index in [-0.39, 0.29) is 0 Å². The van der Waals surface area contributed by atoms with Crippen LogP contribution in [-0.4, -0.2) is 19.1 Å². The molecule has 0 aromatic carbocycles. The summed E-state index contributed by atoms with van der Waals surface area (Å²) in [5.41, 5.74) is 0. The fraction of sp³-hybridized carbons (Fsp3) is 0.875. The molecule has 0 radical (unpaired) electrons. The fourth-order valence-corrected chi connectivity index (χ4v) is 0.767. The topological polar surface area (TPSA) is 29.1 Å². The zero-order valence-corrected chi connectivity index (χ0v) is 7.36. The second kappa shape index (κ2) is 5.10. The van der Waals surface area contributed by atoms with Gasteiger partial charge in [0, 0.05) is 7.05 Å². The molecule has 0 fully saturated rings. The van der Waals surface area contributed by atoms with Crippen LogP contribution in [-0.2, 0) is 4.79 Å². The second-order valence-electron chi connectivity index (χ2n) is 3.05. The van der Waals surface area contributed by atoms with E-state index in [0.29, 0.717) is 12.3 Å². The van der Waals surface area contributed by atoms with E-state index in [0.717, 1.165) is 6.42 Å². The van der Waals surface area contributed by atoms with Crippen LogP contribution in [0, 0.1) is 5.92 Å². The lowest BCUT2D eigenvalue weighted by Gasteiger charge is -2.07. The molecule has 3 heteroatoms. The average molecular weight is 161 g/mol. The summed E-state index contributed by atoms with van der Waals surface area (Å²) in [5.74, 6) is -0.0523. The zero-order valence-electron chi connectivity index (χ0n) is 7.36. The molecule has 0 saturated heterocycles.